The zero-order chi connectivity index (χ0) is 20.4. The van der Waals surface area contributed by atoms with Gasteiger partial charge < -0.3 is 19.5 Å². The number of amides is 2. The zero-order valence-electron chi connectivity index (χ0n) is 15.6. The number of aromatic nitrogens is 1. The summed E-state index contributed by atoms with van der Waals surface area (Å²) < 4.78 is 23.8. The molecule has 3 aromatic rings. The molecule has 0 aliphatic carbocycles. The fraction of sp³-hybridized carbons (Fsp3) is 0.190. The minimum atomic E-state index is -0.867. The van der Waals surface area contributed by atoms with Crippen molar-refractivity contribution in [2.24, 2.45) is 0 Å². The van der Waals surface area contributed by atoms with Crippen molar-refractivity contribution in [2.75, 3.05) is 20.2 Å². The fourth-order valence-corrected chi connectivity index (χ4v) is 3.30. The topological polar surface area (TPSA) is 84.7 Å². The third-order valence-electron chi connectivity index (χ3n) is 4.74. The van der Waals surface area contributed by atoms with Gasteiger partial charge in [-0.2, -0.15) is 0 Å². The van der Waals surface area contributed by atoms with Crippen LogP contribution in [0.4, 0.5) is 4.39 Å². The van der Waals surface area contributed by atoms with E-state index in [2.05, 4.69) is 10.5 Å². The van der Waals surface area contributed by atoms with Crippen LogP contribution in [0.1, 0.15) is 22.1 Å². The SMILES string of the molecule is COc1cccc(-c2cc(C(=O)N3CCNC(=O)C3c3ccc(F)cc3)no2)c1. The lowest BCUT2D eigenvalue weighted by molar-refractivity contribution is -0.128. The predicted octanol–water partition coefficient (Wildman–Crippen LogP) is 2.80. The lowest BCUT2D eigenvalue weighted by atomic mass is 10.0. The van der Waals surface area contributed by atoms with Gasteiger partial charge in [-0.25, -0.2) is 4.39 Å². The molecule has 0 radical (unpaired) electrons. The Balaban J connectivity index is 1.63. The highest BCUT2D eigenvalue weighted by Gasteiger charge is 2.36. The molecule has 1 saturated heterocycles. The number of carbonyl (C=O) groups is 2. The largest absolute Gasteiger partial charge is 0.497 e. The van der Waals surface area contributed by atoms with Gasteiger partial charge in [-0.3, -0.25) is 9.59 Å². The summed E-state index contributed by atoms with van der Waals surface area (Å²) in [6, 6.07) is 13.4. The van der Waals surface area contributed by atoms with Gasteiger partial charge in [-0.15, -0.1) is 0 Å². The summed E-state index contributed by atoms with van der Waals surface area (Å²) in [5.41, 5.74) is 1.32. The summed E-state index contributed by atoms with van der Waals surface area (Å²) in [6.45, 7) is 0.622. The quantitative estimate of drug-likeness (QED) is 0.734. The summed E-state index contributed by atoms with van der Waals surface area (Å²) in [4.78, 5) is 27.0. The molecule has 0 bridgehead atoms. The monoisotopic (exact) mass is 395 g/mol. The second kappa shape index (κ2) is 7.75. The van der Waals surface area contributed by atoms with Gasteiger partial charge in [0.2, 0.25) is 5.91 Å². The van der Waals surface area contributed by atoms with Crippen molar-refractivity contribution < 1.29 is 23.2 Å². The molecule has 7 nitrogen and oxygen atoms in total. The molecule has 29 heavy (non-hydrogen) atoms. The van der Waals surface area contributed by atoms with Gasteiger partial charge in [-0.1, -0.05) is 29.4 Å². The molecule has 1 aromatic heterocycles. The van der Waals surface area contributed by atoms with E-state index in [-0.39, 0.29) is 11.6 Å². The number of methoxy groups -OCH3 is 1. The van der Waals surface area contributed by atoms with Crippen molar-refractivity contribution in [3.05, 3.63) is 71.7 Å². The number of hydrogen-bond donors (Lipinski definition) is 1. The van der Waals surface area contributed by atoms with Crippen molar-refractivity contribution >= 4 is 11.8 Å². The molecule has 2 aromatic carbocycles. The first-order chi connectivity index (χ1) is 14.1. The van der Waals surface area contributed by atoms with Crippen LogP contribution >= 0.6 is 0 Å². The maximum atomic E-state index is 13.3. The summed E-state index contributed by atoms with van der Waals surface area (Å²) in [5, 5.41) is 6.63. The third kappa shape index (κ3) is 3.69. The maximum absolute atomic E-state index is 13.3. The number of hydrogen-bond acceptors (Lipinski definition) is 5. The van der Waals surface area contributed by atoms with Gasteiger partial charge in [0.15, 0.2) is 11.5 Å². The van der Waals surface area contributed by atoms with E-state index in [1.54, 1.807) is 25.3 Å². The number of rotatable bonds is 4. The van der Waals surface area contributed by atoms with E-state index < -0.39 is 17.8 Å². The molecular formula is C21H18FN3O4. The molecule has 2 amide bonds. The molecule has 4 rings (SSSR count). The summed E-state index contributed by atoms with van der Waals surface area (Å²) in [7, 11) is 1.56. The molecule has 1 fully saturated rings. The van der Waals surface area contributed by atoms with Crippen molar-refractivity contribution in [3.63, 3.8) is 0 Å². The van der Waals surface area contributed by atoms with Crippen LogP contribution in [-0.2, 0) is 4.79 Å². The number of nitrogens with one attached hydrogen (secondary N) is 1. The molecule has 148 valence electrons. The number of halogens is 1. The highest BCUT2D eigenvalue weighted by Crippen LogP contribution is 2.28. The van der Waals surface area contributed by atoms with Gasteiger partial charge in [0, 0.05) is 24.7 Å². The number of ether oxygens (including phenoxy) is 1. The molecule has 0 saturated carbocycles. The van der Waals surface area contributed by atoms with E-state index in [1.165, 1.54) is 35.2 Å². The van der Waals surface area contributed by atoms with Gasteiger partial charge in [0.05, 0.1) is 7.11 Å². The first-order valence-corrected chi connectivity index (χ1v) is 9.02. The maximum Gasteiger partial charge on any atom is 0.277 e. The summed E-state index contributed by atoms with van der Waals surface area (Å²) in [5.74, 6) is -0.120. The van der Waals surface area contributed by atoms with Crippen molar-refractivity contribution in [1.82, 2.24) is 15.4 Å². The Bertz CT molecular complexity index is 1050. The third-order valence-corrected chi connectivity index (χ3v) is 4.74. The molecule has 2 heterocycles. The van der Waals surface area contributed by atoms with Crippen LogP contribution in [0.2, 0.25) is 0 Å². The Morgan fingerprint density at radius 3 is 2.79 bits per heavy atom. The van der Waals surface area contributed by atoms with Gasteiger partial charge in [0.1, 0.15) is 17.6 Å². The molecule has 0 spiro atoms. The molecule has 1 aliphatic rings. The average molecular weight is 395 g/mol. The standard InChI is InChI=1S/C21H18FN3O4/c1-28-16-4-2-3-14(11-16)18-12-17(24-29-18)21(27)25-10-9-23-20(26)19(25)13-5-7-15(22)8-6-13/h2-8,11-12,19H,9-10H2,1H3,(H,23,26). The molecule has 1 unspecified atom stereocenters. The van der Waals surface area contributed by atoms with E-state index in [0.717, 1.165) is 0 Å². The number of benzene rings is 2. The number of carbonyl (C=O) groups excluding carboxylic acids is 2. The Hall–Kier alpha value is -3.68. The Morgan fingerprint density at radius 2 is 2.03 bits per heavy atom. The lowest BCUT2D eigenvalue weighted by Crippen LogP contribution is -2.52. The molecule has 8 heteroatoms. The highest BCUT2D eigenvalue weighted by molar-refractivity contribution is 5.97. The minimum Gasteiger partial charge on any atom is -0.497 e. The van der Waals surface area contributed by atoms with Gasteiger partial charge in [0.25, 0.3) is 5.91 Å². The lowest BCUT2D eigenvalue weighted by Gasteiger charge is -2.34. The second-order valence-electron chi connectivity index (χ2n) is 6.55. The summed E-state index contributed by atoms with van der Waals surface area (Å²) >= 11 is 0. The first kappa shape index (κ1) is 18.7. The number of piperazine rings is 1. The molecule has 1 atom stereocenters. The average Bonchev–Trinajstić information content (AvgIpc) is 3.24. The van der Waals surface area contributed by atoms with Crippen LogP contribution < -0.4 is 10.1 Å². The van der Waals surface area contributed by atoms with Gasteiger partial charge >= 0.3 is 0 Å². The van der Waals surface area contributed by atoms with Gasteiger partial charge in [-0.05, 0) is 29.8 Å². The van der Waals surface area contributed by atoms with Crippen LogP contribution in [0.15, 0.2) is 59.1 Å². The predicted molar refractivity (Wildman–Crippen MR) is 102 cm³/mol. The van der Waals surface area contributed by atoms with E-state index in [9.17, 15) is 14.0 Å². The van der Waals surface area contributed by atoms with Crippen molar-refractivity contribution in [1.29, 1.82) is 0 Å². The molecule has 1 N–H and O–H groups in total. The zero-order valence-corrected chi connectivity index (χ0v) is 15.6. The number of nitrogens with zero attached hydrogens (tertiary/aromatic N) is 2. The first-order valence-electron chi connectivity index (χ1n) is 9.02. The normalized spacial score (nSPS) is 16.4. The summed E-state index contributed by atoms with van der Waals surface area (Å²) in [6.07, 6.45) is 0. The van der Waals surface area contributed by atoms with E-state index in [0.29, 0.717) is 35.7 Å². The van der Waals surface area contributed by atoms with Crippen molar-refractivity contribution in [3.8, 4) is 17.1 Å². The van der Waals surface area contributed by atoms with Crippen LogP contribution in [0.25, 0.3) is 11.3 Å². The van der Waals surface area contributed by atoms with E-state index in [1.807, 2.05) is 6.07 Å². The van der Waals surface area contributed by atoms with Crippen LogP contribution in [0.5, 0.6) is 5.75 Å². The minimum absolute atomic E-state index is 0.0876. The van der Waals surface area contributed by atoms with Crippen LogP contribution in [0.3, 0.4) is 0 Å². The van der Waals surface area contributed by atoms with E-state index >= 15 is 0 Å². The fourth-order valence-electron chi connectivity index (χ4n) is 3.30. The van der Waals surface area contributed by atoms with Crippen LogP contribution in [-0.4, -0.2) is 42.1 Å². The Labute approximate surface area is 166 Å². The van der Waals surface area contributed by atoms with Crippen molar-refractivity contribution in [2.45, 2.75) is 6.04 Å². The molecular weight excluding hydrogens is 377 g/mol. The van der Waals surface area contributed by atoms with E-state index in [4.69, 9.17) is 9.26 Å². The highest BCUT2D eigenvalue weighted by atomic mass is 19.1. The smallest absolute Gasteiger partial charge is 0.277 e. The van der Waals surface area contributed by atoms with Crippen LogP contribution in [0, 0.1) is 5.82 Å². The Morgan fingerprint density at radius 1 is 1.24 bits per heavy atom. The molecule has 1 aliphatic heterocycles. The Kier molecular flexibility index (Phi) is 4.99. The second-order valence-corrected chi connectivity index (χ2v) is 6.55.